The Labute approximate surface area is 124 Å². The first-order valence-corrected chi connectivity index (χ1v) is 6.60. The van der Waals surface area contributed by atoms with Crippen LogP contribution in [0.4, 0.5) is 0 Å². The molecule has 6 heteroatoms. The first-order valence-electron chi connectivity index (χ1n) is 6.60. The molecule has 0 aromatic heterocycles. The largest absolute Gasteiger partial charge is 0.493 e. The highest BCUT2D eigenvalue weighted by Crippen LogP contribution is 2.29. The number of methoxy groups -OCH3 is 3. The van der Waals surface area contributed by atoms with Crippen molar-refractivity contribution in [3.05, 3.63) is 23.8 Å². The third kappa shape index (κ3) is 4.98. The van der Waals surface area contributed by atoms with Crippen molar-refractivity contribution in [1.29, 1.82) is 0 Å². The van der Waals surface area contributed by atoms with Gasteiger partial charge in [-0.25, -0.2) is 0 Å². The van der Waals surface area contributed by atoms with Crippen LogP contribution in [0, 0.1) is 0 Å². The molecular formula is C15H21NO5. The Balaban J connectivity index is 2.64. The number of esters is 1. The van der Waals surface area contributed by atoms with Crippen LogP contribution in [0.25, 0.3) is 0 Å². The van der Waals surface area contributed by atoms with E-state index in [4.69, 9.17) is 9.47 Å². The summed E-state index contributed by atoms with van der Waals surface area (Å²) >= 11 is 0. The predicted molar refractivity (Wildman–Crippen MR) is 77.4 cm³/mol. The third-order valence-electron chi connectivity index (χ3n) is 3.07. The SMILES string of the molecule is COC(=O)CCC(=O)NC(C)c1ccc(OC)c(OC)c1. The number of carbonyl (C=O) groups excluding carboxylic acids is 2. The van der Waals surface area contributed by atoms with Crippen LogP contribution in [0.3, 0.4) is 0 Å². The molecule has 0 spiro atoms. The van der Waals surface area contributed by atoms with Gasteiger partial charge in [0.15, 0.2) is 11.5 Å². The van der Waals surface area contributed by atoms with E-state index in [-0.39, 0.29) is 24.8 Å². The molecule has 1 rings (SSSR count). The Bertz CT molecular complexity index is 501. The molecule has 0 fully saturated rings. The lowest BCUT2D eigenvalue weighted by Crippen LogP contribution is -2.27. The van der Waals surface area contributed by atoms with E-state index in [0.29, 0.717) is 11.5 Å². The number of carbonyl (C=O) groups is 2. The van der Waals surface area contributed by atoms with Gasteiger partial charge < -0.3 is 19.5 Å². The van der Waals surface area contributed by atoms with Crippen molar-refractivity contribution in [2.45, 2.75) is 25.8 Å². The Morgan fingerprint density at radius 1 is 1.10 bits per heavy atom. The van der Waals surface area contributed by atoms with Crippen LogP contribution in [0.15, 0.2) is 18.2 Å². The second-order valence-electron chi connectivity index (χ2n) is 4.48. The van der Waals surface area contributed by atoms with E-state index < -0.39 is 5.97 Å². The van der Waals surface area contributed by atoms with Gasteiger partial charge >= 0.3 is 5.97 Å². The van der Waals surface area contributed by atoms with E-state index in [1.165, 1.54) is 7.11 Å². The van der Waals surface area contributed by atoms with Gasteiger partial charge in [-0.15, -0.1) is 0 Å². The summed E-state index contributed by atoms with van der Waals surface area (Å²) in [5.74, 6) is 0.628. The molecule has 0 aliphatic rings. The second-order valence-corrected chi connectivity index (χ2v) is 4.48. The quantitative estimate of drug-likeness (QED) is 0.777. The summed E-state index contributed by atoms with van der Waals surface area (Å²) in [6.45, 7) is 1.86. The van der Waals surface area contributed by atoms with Gasteiger partial charge in [0.25, 0.3) is 0 Å². The normalized spacial score (nSPS) is 11.4. The standard InChI is InChI=1S/C15H21NO5/c1-10(16-14(17)7-8-15(18)21-4)11-5-6-12(19-2)13(9-11)20-3/h5-6,9-10H,7-8H2,1-4H3,(H,16,17). The highest BCUT2D eigenvalue weighted by molar-refractivity contribution is 5.81. The van der Waals surface area contributed by atoms with Crippen LogP contribution in [0.1, 0.15) is 31.4 Å². The lowest BCUT2D eigenvalue weighted by molar-refractivity contribution is -0.142. The van der Waals surface area contributed by atoms with Crippen molar-refractivity contribution >= 4 is 11.9 Å². The van der Waals surface area contributed by atoms with Crippen LogP contribution in [0.5, 0.6) is 11.5 Å². The molecule has 0 aliphatic carbocycles. The summed E-state index contributed by atoms with van der Waals surface area (Å²) in [5, 5.41) is 2.82. The Kier molecular flexibility index (Phi) is 6.52. The monoisotopic (exact) mass is 295 g/mol. The Morgan fingerprint density at radius 2 is 1.76 bits per heavy atom. The maximum absolute atomic E-state index is 11.7. The molecule has 0 saturated heterocycles. The number of ether oxygens (including phenoxy) is 3. The molecule has 6 nitrogen and oxygen atoms in total. The molecule has 0 saturated carbocycles. The highest BCUT2D eigenvalue weighted by Gasteiger charge is 2.13. The molecule has 1 aromatic carbocycles. The van der Waals surface area contributed by atoms with Crippen molar-refractivity contribution in [3.8, 4) is 11.5 Å². The van der Waals surface area contributed by atoms with E-state index in [9.17, 15) is 9.59 Å². The molecule has 1 unspecified atom stereocenters. The van der Waals surface area contributed by atoms with Gasteiger partial charge in [-0.2, -0.15) is 0 Å². The molecule has 1 amide bonds. The van der Waals surface area contributed by atoms with Gasteiger partial charge in [0.2, 0.25) is 5.91 Å². The smallest absolute Gasteiger partial charge is 0.306 e. The molecule has 116 valence electrons. The van der Waals surface area contributed by atoms with Crippen molar-refractivity contribution in [2.24, 2.45) is 0 Å². The van der Waals surface area contributed by atoms with E-state index in [1.54, 1.807) is 20.3 Å². The summed E-state index contributed by atoms with van der Waals surface area (Å²) in [5.41, 5.74) is 0.888. The van der Waals surface area contributed by atoms with Gasteiger partial charge in [-0.3, -0.25) is 9.59 Å². The van der Waals surface area contributed by atoms with Gasteiger partial charge in [-0.05, 0) is 24.6 Å². The molecular weight excluding hydrogens is 274 g/mol. The summed E-state index contributed by atoms with van der Waals surface area (Å²) in [7, 11) is 4.42. The summed E-state index contributed by atoms with van der Waals surface area (Å²) in [6, 6.07) is 5.25. The molecule has 0 bridgehead atoms. The highest BCUT2D eigenvalue weighted by atomic mass is 16.5. The van der Waals surface area contributed by atoms with E-state index in [0.717, 1.165) is 5.56 Å². The van der Waals surface area contributed by atoms with Crippen molar-refractivity contribution < 1.29 is 23.8 Å². The summed E-state index contributed by atoms with van der Waals surface area (Å²) in [6.07, 6.45) is 0.172. The average Bonchev–Trinajstić information content (AvgIpc) is 2.51. The van der Waals surface area contributed by atoms with Gasteiger partial charge in [0.1, 0.15) is 0 Å². The minimum absolute atomic E-state index is 0.0704. The maximum atomic E-state index is 11.7. The Hall–Kier alpha value is -2.24. The molecule has 1 aromatic rings. The molecule has 1 atom stereocenters. The fourth-order valence-electron chi connectivity index (χ4n) is 1.84. The van der Waals surface area contributed by atoms with E-state index in [2.05, 4.69) is 10.1 Å². The molecule has 0 heterocycles. The zero-order valence-electron chi connectivity index (χ0n) is 12.8. The van der Waals surface area contributed by atoms with Gasteiger partial charge in [0, 0.05) is 6.42 Å². The lowest BCUT2D eigenvalue weighted by atomic mass is 10.1. The number of rotatable bonds is 7. The van der Waals surface area contributed by atoms with E-state index >= 15 is 0 Å². The minimum atomic E-state index is -0.399. The average molecular weight is 295 g/mol. The first-order chi connectivity index (χ1) is 10.0. The van der Waals surface area contributed by atoms with Crippen LogP contribution in [-0.4, -0.2) is 33.2 Å². The minimum Gasteiger partial charge on any atom is -0.493 e. The number of hydrogen-bond donors (Lipinski definition) is 1. The summed E-state index contributed by atoms with van der Waals surface area (Å²) < 4.78 is 14.9. The zero-order chi connectivity index (χ0) is 15.8. The molecule has 0 radical (unpaired) electrons. The van der Waals surface area contributed by atoms with Crippen molar-refractivity contribution in [3.63, 3.8) is 0 Å². The summed E-state index contributed by atoms with van der Waals surface area (Å²) in [4.78, 5) is 22.7. The van der Waals surface area contributed by atoms with Crippen molar-refractivity contribution in [1.82, 2.24) is 5.32 Å². The van der Waals surface area contributed by atoms with Crippen LogP contribution >= 0.6 is 0 Å². The number of nitrogens with one attached hydrogen (secondary N) is 1. The Morgan fingerprint density at radius 3 is 2.33 bits per heavy atom. The van der Waals surface area contributed by atoms with Gasteiger partial charge in [0.05, 0.1) is 33.8 Å². The van der Waals surface area contributed by atoms with Crippen molar-refractivity contribution in [2.75, 3.05) is 21.3 Å². The van der Waals surface area contributed by atoms with E-state index in [1.807, 2.05) is 19.1 Å². The number of benzene rings is 1. The first kappa shape index (κ1) is 16.8. The van der Waals surface area contributed by atoms with Crippen LogP contribution < -0.4 is 14.8 Å². The second kappa shape index (κ2) is 8.14. The van der Waals surface area contributed by atoms with Gasteiger partial charge in [-0.1, -0.05) is 6.07 Å². The van der Waals surface area contributed by atoms with Crippen LogP contribution in [0.2, 0.25) is 0 Å². The zero-order valence-corrected chi connectivity index (χ0v) is 12.8. The fraction of sp³-hybridized carbons (Fsp3) is 0.467. The number of hydrogen-bond acceptors (Lipinski definition) is 5. The lowest BCUT2D eigenvalue weighted by Gasteiger charge is -2.16. The molecule has 21 heavy (non-hydrogen) atoms. The maximum Gasteiger partial charge on any atom is 0.306 e. The number of amides is 1. The fourth-order valence-corrected chi connectivity index (χ4v) is 1.84. The third-order valence-corrected chi connectivity index (χ3v) is 3.07. The predicted octanol–water partition coefficient (Wildman–Crippen LogP) is 1.83. The molecule has 0 aliphatic heterocycles. The van der Waals surface area contributed by atoms with Crippen LogP contribution in [-0.2, 0) is 14.3 Å². The topological polar surface area (TPSA) is 73.9 Å². The molecule has 1 N–H and O–H groups in total.